The number of carbonyl (C=O) groups is 6. The number of aliphatic hydroxyl groups excluding tert-OH is 1. The molecule has 0 aliphatic heterocycles. The third-order valence-electron chi connectivity index (χ3n) is 4.42. The number of imidazole rings is 1. The Kier molecular flexibility index (Phi) is 11.1. The molecular weight excluding hydrogens is 460 g/mol. The van der Waals surface area contributed by atoms with Crippen LogP contribution in [0.3, 0.4) is 0 Å². The van der Waals surface area contributed by atoms with Crippen molar-refractivity contribution in [3.8, 4) is 0 Å². The highest BCUT2D eigenvalue weighted by atomic mass is 16.4. The minimum Gasteiger partial charge on any atom is -0.481 e. The van der Waals surface area contributed by atoms with Crippen LogP contribution in [0.2, 0.25) is 0 Å². The highest BCUT2D eigenvalue weighted by Crippen LogP contribution is 2.03. The number of aliphatic hydroxyl groups is 1. The van der Waals surface area contributed by atoms with E-state index in [1.54, 1.807) is 0 Å². The summed E-state index contributed by atoms with van der Waals surface area (Å²) in [5.41, 5.74) is 6.29. The molecule has 0 aromatic carbocycles. The van der Waals surface area contributed by atoms with E-state index in [-0.39, 0.29) is 6.42 Å². The van der Waals surface area contributed by atoms with Crippen LogP contribution in [-0.4, -0.2) is 96.8 Å². The number of aromatic nitrogens is 2. The molecule has 1 heterocycles. The summed E-state index contributed by atoms with van der Waals surface area (Å²) in [7, 11) is 0. The Hall–Kier alpha value is -4.05. The molecule has 188 valence electrons. The molecule has 10 N–H and O–H groups in total. The second-order valence-corrected chi connectivity index (χ2v) is 7.12. The number of amides is 3. The van der Waals surface area contributed by atoms with Gasteiger partial charge in [-0.1, -0.05) is 0 Å². The summed E-state index contributed by atoms with van der Waals surface area (Å²) in [6.07, 6.45) is 0.777. The Bertz CT molecular complexity index is 890. The minimum absolute atomic E-state index is 0.0371. The van der Waals surface area contributed by atoms with Gasteiger partial charge in [-0.3, -0.25) is 24.0 Å². The van der Waals surface area contributed by atoms with Crippen molar-refractivity contribution in [3.05, 3.63) is 18.2 Å². The van der Waals surface area contributed by atoms with Crippen molar-refractivity contribution in [2.45, 2.75) is 49.9 Å². The number of H-pyrrole nitrogens is 1. The third kappa shape index (κ3) is 9.61. The van der Waals surface area contributed by atoms with E-state index in [2.05, 4.69) is 20.6 Å². The molecule has 0 radical (unpaired) electrons. The summed E-state index contributed by atoms with van der Waals surface area (Å²) >= 11 is 0. The van der Waals surface area contributed by atoms with Crippen molar-refractivity contribution in [1.82, 2.24) is 25.9 Å². The summed E-state index contributed by atoms with van der Waals surface area (Å²) in [6, 6.07) is -6.15. The molecule has 16 heteroatoms. The highest BCUT2D eigenvalue weighted by molar-refractivity contribution is 5.94. The van der Waals surface area contributed by atoms with Crippen LogP contribution in [0, 0.1) is 0 Å². The van der Waals surface area contributed by atoms with E-state index in [4.69, 9.17) is 21.1 Å². The fourth-order valence-electron chi connectivity index (χ4n) is 2.65. The Morgan fingerprint density at radius 1 is 0.912 bits per heavy atom. The average Bonchev–Trinajstić information content (AvgIpc) is 3.26. The number of hydrogen-bond acceptors (Lipinski definition) is 9. The smallest absolute Gasteiger partial charge is 0.326 e. The van der Waals surface area contributed by atoms with Gasteiger partial charge in [0.15, 0.2) is 0 Å². The van der Waals surface area contributed by atoms with E-state index in [9.17, 15) is 33.9 Å². The van der Waals surface area contributed by atoms with Gasteiger partial charge in [-0.15, -0.1) is 0 Å². The van der Waals surface area contributed by atoms with Crippen LogP contribution >= 0.6 is 0 Å². The number of carboxylic acids is 3. The molecule has 3 amide bonds. The predicted octanol–water partition coefficient (Wildman–Crippen LogP) is -3.85. The first-order valence-corrected chi connectivity index (χ1v) is 9.85. The number of aliphatic carboxylic acids is 3. The summed E-state index contributed by atoms with van der Waals surface area (Å²) in [5.74, 6) is -7.58. The van der Waals surface area contributed by atoms with E-state index in [1.807, 2.05) is 5.32 Å². The summed E-state index contributed by atoms with van der Waals surface area (Å²) in [5, 5.41) is 42.4. The number of aromatic amines is 1. The molecule has 0 aliphatic rings. The van der Waals surface area contributed by atoms with Crippen molar-refractivity contribution in [1.29, 1.82) is 0 Å². The van der Waals surface area contributed by atoms with Crippen molar-refractivity contribution < 1.29 is 49.2 Å². The second kappa shape index (κ2) is 13.5. The molecule has 0 saturated heterocycles. The number of nitrogens with zero attached hydrogens (tertiary/aromatic N) is 1. The number of carboxylic acid groups (broad SMARTS) is 3. The van der Waals surface area contributed by atoms with Gasteiger partial charge < -0.3 is 47.1 Å². The summed E-state index contributed by atoms with van der Waals surface area (Å²) < 4.78 is 0. The van der Waals surface area contributed by atoms with Gasteiger partial charge in [0, 0.05) is 24.7 Å². The zero-order valence-electron chi connectivity index (χ0n) is 17.8. The lowest BCUT2D eigenvalue weighted by molar-refractivity contribution is -0.147. The molecular formula is C18H26N6O10. The maximum absolute atomic E-state index is 12.5. The topological polar surface area (TPSA) is 274 Å². The van der Waals surface area contributed by atoms with Gasteiger partial charge in [-0.25, -0.2) is 9.78 Å². The van der Waals surface area contributed by atoms with E-state index >= 15 is 0 Å². The molecule has 0 bridgehead atoms. The zero-order valence-corrected chi connectivity index (χ0v) is 17.8. The zero-order chi connectivity index (χ0) is 25.8. The molecule has 16 nitrogen and oxygen atoms in total. The molecule has 34 heavy (non-hydrogen) atoms. The maximum Gasteiger partial charge on any atom is 0.326 e. The molecule has 1 aromatic heterocycles. The summed E-state index contributed by atoms with van der Waals surface area (Å²) in [4.78, 5) is 76.6. The largest absolute Gasteiger partial charge is 0.481 e. The standard InChI is InChI=1S/C18H26N6O10/c19-9(3-8-5-20-7-21-8)15(30)24-12(6-25)17(32)22-10(1-2-13(26)27)16(31)23-11(18(33)34)4-14(28)29/h5,7,9-12,25H,1-4,6,19H2,(H,20,21)(H,22,32)(H,23,31)(H,24,30)(H,26,27)(H,28,29)(H,33,34). The molecule has 0 spiro atoms. The third-order valence-corrected chi connectivity index (χ3v) is 4.42. The van der Waals surface area contributed by atoms with Crippen LogP contribution in [0.5, 0.6) is 0 Å². The van der Waals surface area contributed by atoms with Gasteiger partial charge in [-0.05, 0) is 6.42 Å². The van der Waals surface area contributed by atoms with Crippen LogP contribution < -0.4 is 21.7 Å². The molecule has 0 saturated carbocycles. The Morgan fingerprint density at radius 2 is 1.50 bits per heavy atom. The van der Waals surface area contributed by atoms with Gasteiger partial charge in [0.05, 0.1) is 25.4 Å². The predicted molar refractivity (Wildman–Crippen MR) is 110 cm³/mol. The Labute approximate surface area is 191 Å². The van der Waals surface area contributed by atoms with E-state index < -0.39 is 85.7 Å². The van der Waals surface area contributed by atoms with Crippen LogP contribution in [0.25, 0.3) is 0 Å². The van der Waals surface area contributed by atoms with Crippen molar-refractivity contribution >= 4 is 35.6 Å². The monoisotopic (exact) mass is 486 g/mol. The number of carbonyl (C=O) groups excluding carboxylic acids is 3. The first kappa shape index (κ1) is 28.0. The Balaban J connectivity index is 2.86. The molecule has 0 aliphatic carbocycles. The quantitative estimate of drug-likeness (QED) is 0.115. The molecule has 4 atom stereocenters. The minimum atomic E-state index is -1.84. The molecule has 4 unspecified atom stereocenters. The van der Waals surface area contributed by atoms with Gasteiger partial charge in [0.1, 0.15) is 18.1 Å². The maximum atomic E-state index is 12.5. The van der Waals surface area contributed by atoms with Crippen LogP contribution in [0.15, 0.2) is 12.5 Å². The van der Waals surface area contributed by atoms with Crippen molar-refractivity contribution in [2.75, 3.05) is 6.61 Å². The molecule has 1 aromatic rings. The normalized spacial score (nSPS) is 14.2. The number of rotatable bonds is 15. The fourth-order valence-corrected chi connectivity index (χ4v) is 2.65. The Morgan fingerprint density at radius 3 is 2.00 bits per heavy atom. The SMILES string of the molecule is NC(Cc1cnc[nH]1)C(=O)NC(CO)C(=O)NC(CCC(=O)O)C(=O)NC(CC(=O)O)C(=O)O. The van der Waals surface area contributed by atoms with Crippen LogP contribution in [0.1, 0.15) is 25.0 Å². The van der Waals surface area contributed by atoms with Crippen molar-refractivity contribution in [2.24, 2.45) is 5.73 Å². The van der Waals surface area contributed by atoms with Gasteiger partial charge in [0.25, 0.3) is 0 Å². The fraction of sp³-hybridized carbons (Fsp3) is 0.500. The lowest BCUT2D eigenvalue weighted by Crippen LogP contribution is -2.58. The first-order chi connectivity index (χ1) is 15.9. The van der Waals surface area contributed by atoms with Crippen LogP contribution in [0.4, 0.5) is 0 Å². The molecule has 0 fully saturated rings. The summed E-state index contributed by atoms with van der Waals surface area (Å²) in [6.45, 7) is -0.904. The lowest BCUT2D eigenvalue weighted by atomic mass is 10.1. The van der Waals surface area contributed by atoms with Crippen molar-refractivity contribution in [3.63, 3.8) is 0 Å². The van der Waals surface area contributed by atoms with E-state index in [1.165, 1.54) is 12.5 Å². The number of nitrogens with two attached hydrogens (primary N) is 1. The number of hydrogen-bond donors (Lipinski definition) is 9. The van der Waals surface area contributed by atoms with Gasteiger partial charge in [-0.2, -0.15) is 0 Å². The van der Waals surface area contributed by atoms with Gasteiger partial charge in [0.2, 0.25) is 17.7 Å². The van der Waals surface area contributed by atoms with Crippen LogP contribution in [-0.2, 0) is 35.2 Å². The number of nitrogens with one attached hydrogen (secondary N) is 4. The average molecular weight is 486 g/mol. The van der Waals surface area contributed by atoms with E-state index in [0.717, 1.165) is 0 Å². The first-order valence-electron chi connectivity index (χ1n) is 9.85. The highest BCUT2D eigenvalue weighted by Gasteiger charge is 2.31. The van der Waals surface area contributed by atoms with Gasteiger partial charge >= 0.3 is 17.9 Å². The molecule has 1 rings (SSSR count). The lowest BCUT2D eigenvalue weighted by Gasteiger charge is -2.24. The van der Waals surface area contributed by atoms with E-state index in [0.29, 0.717) is 5.69 Å². The second-order valence-electron chi connectivity index (χ2n) is 7.12.